The molecule has 0 unspecified atom stereocenters. The Hall–Kier alpha value is -1.14. The van der Waals surface area contributed by atoms with Crippen molar-refractivity contribution in [3.8, 4) is 0 Å². The van der Waals surface area contributed by atoms with E-state index in [1.54, 1.807) is 11.3 Å². The smallest absolute Gasteiger partial charge is 0.305 e. The maximum Gasteiger partial charge on any atom is 0.305 e. The fourth-order valence-electron chi connectivity index (χ4n) is 1.44. The zero-order valence-corrected chi connectivity index (χ0v) is 12.8. The second kappa shape index (κ2) is 8.12. The Morgan fingerprint density at radius 3 is 2.89 bits per heavy atom. The van der Waals surface area contributed by atoms with Crippen LogP contribution in [-0.4, -0.2) is 44.4 Å². The van der Waals surface area contributed by atoms with Crippen LogP contribution in [0.2, 0.25) is 0 Å². The normalized spacial score (nSPS) is 10.8. The molecule has 6 heteroatoms. The summed E-state index contributed by atoms with van der Waals surface area (Å²) >= 11 is 1.58. The lowest BCUT2D eigenvalue weighted by molar-refractivity contribution is -0.140. The molecule has 0 saturated heterocycles. The molecular formula is C13H22N2O3S. The first kappa shape index (κ1) is 15.9. The van der Waals surface area contributed by atoms with Crippen molar-refractivity contribution >= 4 is 22.4 Å². The Morgan fingerprint density at radius 2 is 2.26 bits per heavy atom. The van der Waals surface area contributed by atoms with Crippen molar-refractivity contribution in [2.24, 2.45) is 0 Å². The number of hydrogen-bond acceptors (Lipinski definition) is 6. The van der Waals surface area contributed by atoms with Crippen LogP contribution in [0.3, 0.4) is 0 Å². The van der Waals surface area contributed by atoms with Gasteiger partial charge in [0.1, 0.15) is 0 Å². The molecule has 1 aromatic heterocycles. The lowest BCUT2D eigenvalue weighted by atomic mass is 10.2. The van der Waals surface area contributed by atoms with Gasteiger partial charge in [-0.2, -0.15) is 0 Å². The van der Waals surface area contributed by atoms with Gasteiger partial charge in [0.25, 0.3) is 0 Å². The first-order valence-electron chi connectivity index (χ1n) is 6.37. The highest BCUT2D eigenvalue weighted by molar-refractivity contribution is 7.13. The van der Waals surface area contributed by atoms with E-state index in [1.807, 2.05) is 26.3 Å². The van der Waals surface area contributed by atoms with E-state index in [0.717, 1.165) is 17.4 Å². The number of methoxy groups -OCH3 is 1. The highest BCUT2D eigenvalue weighted by atomic mass is 32.1. The van der Waals surface area contributed by atoms with Crippen LogP contribution in [0.1, 0.15) is 26.0 Å². The van der Waals surface area contributed by atoms with Crippen molar-refractivity contribution in [3.05, 3.63) is 11.1 Å². The second-order valence-electron chi connectivity index (χ2n) is 4.54. The second-order valence-corrected chi connectivity index (χ2v) is 5.38. The Morgan fingerprint density at radius 1 is 1.53 bits per heavy atom. The molecule has 108 valence electrons. The fourth-order valence-corrected chi connectivity index (χ4v) is 2.29. The topological polar surface area (TPSA) is 51.7 Å². The summed E-state index contributed by atoms with van der Waals surface area (Å²) in [6, 6.07) is 0. The van der Waals surface area contributed by atoms with Crippen molar-refractivity contribution < 1.29 is 14.3 Å². The van der Waals surface area contributed by atoms with Crippen LogP contribution in [0.25, 0.3) is 0 Å². The highest BCUT2D eigenvalue weighted by Crippen LogP contribution is 2.20. The molecule has 1 heterocycles. The number of carbonyl (C=O) groups excluding carboxylic acids is 1. The van der Waals surface area contributed by atoms with E-state index in [4.69, 9.17) is 4.74 Å². The number of esters is 1. The van der Waals surface area contributed by atoms with E-state index in [1.165, 1.54) is 7.11 Å². The standard InChI is InChI=1S/C13H22N2O3S/c1-10(2)18-8-7-15(3)13-14-11(9-19-13)5-6-12(16)17-4/h9-10H,5-8H2,1-4H3. The lowest BCUT2D eigenvalue weighted by Gasteiger charge is -2.16. The van der Waals surface area contributed by atoms with Crippen molar-refractivity contribution in [1.82, 2.24) is 4.98 Å². The molecule has 1 rings (SSSR count). The summed E-state index contributed by atoms with van der Waals surface area (Å²) in [4.78, 5) is 17.6. The van der Waals surface area contributed by atoms with Crippen LogP contribution in [0.15, 0.2) is 5.38 Å². The van der Waals surface area contributed by atoms with E-state index in [2.05, 4.69) is 14.6 Å². The zero-order chi connectivity index (χ0) is 14.3. The molecule has 5 nitrogen and oxygen atoms in total. The van der Waals surface area contributed by atoms with Crippen LogP contribution in [-0.2, 0) is 20.7 Å². The number of hydrogen-bond donors (Lipinski definition) is 0. The van der Waals surface area contributed by atoms with Gasteiger partial charge in [-0.15, -0.1) is 11.3 Å². The van der Waals surface area contributed by atoms with Gasteiger partial charge in [0.2, 0.25) is 0 Å². The highest BCUT2D eigenvalue weighted by Gasteiger charge is 2.09. The maximum atomic E-state index is 11.1. The number of nitrogens with zero attached hydrogens (tertiary/aromatic N) is 2. The monoisotopic (exact) mass is 286 g/mol. The number of likely N-dealkylation sites (N-methyl/N-ethyl adjacent to an activating group) is 1. The minimum atomic E-state index is -0.201. The number of anilines is 1. The fraction of sp³-hybridized carbons (Fsp3) is 0.692. The predicted octanol–water partition coefficient (Wildman–Crippen LogP) is 2.11. The number of carbonyl (C=O) groups is 1. The van der Waals surface area contributed by atoms with Crippen molar-refractivity contribution in [2.75, 3.05) is 32.2 Å². The van der Waals surface area contributed by atoms with E-state index in [9.17, 15) is 4.79 Å². The van der Waals surface area contributed by atoms with Crippen LogP contribution in [0, 0.1) is 0 Å². The van der Waals surface area contributed by atoms with Gasteiger partial charge >= 0.3 is 5.97 Å². The van der Waals surface area contributed by atoms with Crippen LogP contribution in [0.5, 0.6) is 0 Å². The van der Waals surface area contributed by atoms with Gasteiger partial charge in [-0.05, 0) is 13.8 Å². The van der Waals surface area contributed by atoms with Gasteiger partial charge in [0.15, 0.2) is 5.13 Å². The third-order valence-electron chi connectivity index (χ3n) is 2.56. The van der Waals surface area contributed by atoms with Gasteiger partial charge in [-0.3, -0.25) is 4.79 Å². The van der Waals surface area contributed by atoms with E-state index in [-0.39, 0.29) is 12.1 Å². The average molecular weight is 286 g/mol. The minimum Gasteiger partial charge on any atom is -0.469 e. The van der Waals surface area contributed by atoms with Crippen molar-refractivity contribution in [3.63, 3.8) is 0 Å². The molecule has 0 amide bonds. The Bertz CT molecular complexity index is 393. The third kappa shape index (κ3) is 6.02. The lowest BCUT2D eigenvalue weighted by Crippen LogP contribution is -2.23. The van der Waals surface area contributed by atoms with Gasteiger partial charge in [0, 0.05) is 25.4 Å². The zero-order valence-electron chi connectivity index (χ0n) is 12.0. The molecule has 0 bridgehead atoms. The van der Waals surface area contributed by atoms with Gasteiger partial charge in [-0.1, -0.05) is 0 Å². The molecule has 0 radical (unpaired) electrons. The summed E-state index contributed by atoms with van der Waals surface area (Å²) in [6.45, 7) is 5.54. The quantitative estimate of drug-likeness (QED) is 0.685. The SMILES string of the molecule is COC(=O)CCc1csc(N(C)CCOC(C)C)n1. The first-order chi connectivity index (χ1) is 9.02. The summed E-state index contributed by atoms with van der Waals surface area (Å²) < 4.78 is 10.1. The van der Waals surface area contributed by atoms with Crippen molar-refractivity contribution in [1.29, 1.82) is 0 Å². The Labute approximate surface area is 118 Å². The molecule has 0 spiro atoms. The molecular weight excluding hydrogens is 264 g/mol. The van der Waals surface area contributed by atoms with E-state index >= 15 is 0 Å². The molecule has 0 aliphatic carbocycles. The number of rotatable bonds is 8. The molecule has 0 atom stereocenters. The van der Waals surface area contributed by atoms with E-state index in [0.29, 0.717) is 19.4 Å². The summed E-state index contributed by atoms with van der Waals surface area (Å²) in [5.74, 6) is -0.201. The summed E-state index contributed by atoms with van der Waals surface area (Å²) in [6.07, 6.45) is 1.25. The molecule has 0 N–H and O–H groups in total. The Balaban J connectivity index is 2.38. The third-order valence-corrected chi connectivity index (χ3v) is 3.56. The summed E-state index contributed by atoms with van der Waals surface area (Å²) in [5.41, 5.74) is 0.932. The minimum absolute atomic E-state index is 0.201. The number of thiazole rings is 1. The molecule has 0 aromatic carbocycles. The molecule has 0 fully saturated rings. The van der Waals surface area contributed by atoms with Crippen LogP contribution in [0.4, 0.5) is 5.13 Å². The number of aryl methyl sites for hydroxylation is 1. The van der Waals surface area contributed by atoms with Gasteiger partial charge in [0.05, 0.1) is 31.9 Å². The van der Waals surface area contributed by atoms with Crippen LogP contribution < -0.4 is 4.90 Å². The molecule has 19 heavy (non-hydrogen) atoms. The number of ether oxygens (including phenoxy) is 2. The van der Waals surface area contributed by atoms with Gasteiger partial charge < -0.3 is 14.4 Å². The van der Waals surface area contributed by atoms with E-state index < -0.39 is 0 Å². The molecule has 0 aliphatic heterocycles. The maximum absolute atomic E-state index is 11.1. The van der Waals surface area contributed by atoms with Crippen LogP contribution >= 0.6 is 11.3 Å². The molecule has 1 aromatic rings. The first-order valence-corrected chi connectivity index (χ1v) is 7.25. The Kier molecular flexibility index (Phi) is 6.80. The number of aromatic nitrogens is 1. The molecule has 0 saturated carbocycles. The largest absolute Gasteiger partial charge is 0.469 e. The van der Waals surface area contributed by atoms with Gasteiger partial charge in [-0.25, -0.2) is 4.98 Å². The molecule has 0 aliphatic rings. The van der Waals surface area contributed by atoms with Crippen molar-refractivity contribution in [2.45, 2.75) is 32.8 Å². The predicted molar refractivity (Wildman–Crippen MR) is 76.8 cm³/mol. The average Bonchev–Trinajstić information content (AvgIpc) is 2.84. The summed E-state index contributed by atoms with van der Waals surface area (Å²) in [7, 11) is 3.39. The summed E-state index contributed by atoms with van der Waals surface area (Å²) in [5, 5.41) is 2.94.